The van der Waals surface area contributed by atoms with Crippen molar-refractivity contribution in [2.75, 3.05) is 25.0 Å². The summed E-state index contributed by atoms with van der Waals surface area (Å²) in [6.45, 7) is 2.33. The first-order chi connectivity index (χ1) is 10.1. The molecule has 0 aliphatic carbocycles. The number of hydrogen-bond acceptors (Lipinski definition) is 3. The summed E-state index contributed by atoms with van der Waals surface area (Å²) in [6.07, 6.45) is 3.45. The smallest absolute Gasteiger partial charge is 0.308 e. The number of hydrogen-bond donors (Lipinski definition) is 2. The van der Waals surface area contributed by atoms with Crippen LogP contribution in [0.5, 0.6) is 0 Å². The lowest BCUT2D eigenvalue weighted by Crippen LogP contribution is -2.38. The molecule has 114 valence electrons. The van der Waals surface area contributed by atoms with Crippen LogP contribution in [-0.4, -0.2) is 41.5 Å². The molecule has 0 radical (unpaired) electrons. The first-order valence-electron chi connectivity index (χ1n) is 7.45. The van der Waals surface area contributed by atoms with Crippen LogP contribution in [0.2, 0.25) is 0 Å². The van der Waals surface area contributed by atoms with E-state index < -0.39 is 11.9 Å². The molecule has 1 aliphatic rings. The zero-order chi connectivity index (χ0) is 15.1. The maximum atomic E-state index is 12.0. The van der Waals surface area contributed by atoms with Crippen LogP contribution >= 0.6 is 0 Å². The van der Waals surface area contributed by atoms with E-state index in [-0.39, 0.29) is 12.3 Å². The van der Waals surface area contributed by atoms with Crippen molar-refractivity contribution in [3.05, 3.63) is 30.3 Å². The first kappa shape index (κ1) is 15.5. The molecule has 1 aromatic rings. The van der Waals surface area contributed by atoms with Gasteiger partial charge in [-0.15, -0.1) is 0 Å². The number of carbonyl (C=O) groups excluding carboxylic acids is 1. The van der Waals surface area contributed by atoms with Crippen molar-refractivity contribution < 1.29 is 14.7 Å². The van der Waals surface area contributed by atoms with Crippen LogP contribution in [-0.2, 0) is 9.59 Å². The van der Waals surface area contributed by atoms with E-state index in [9.17, 15) is 14.7 Å². The van der Waals surface area contributed by atoms with Gasteiger partial charge in [0.2, 0.25) is 5.91 Å². The van der Waals surface area contributed by atoms with Crippen molar-refractivity contribution in [2.24, 2.45) is 5.92 Å². The number of amides is 1. The number of anilines is 1. The first-order valence-corrected chi connectivity index (χ1v) is 7.45. The molecule has 1 aromatic carbocycles. The topological polar surface area (TPSA) is 69.6 Å². The predicted molar refractivity (Wildman–Crippen MR) is 81.1 cm³/mol. The van der Waals surface area contributed by atoms with Gasteiger partial charge >= 0.3 is 5.97 Å². The van der Waals surface area contributed by atoms with Gasteiger partial charge < -0.3 is 15.3 Å². The highest BCUT2D eigenvalue weighted by molar-refractivity contribution is 5.93. The van der Waals surface area contributed by atoms with Gasteiger partial charge in [-0.25, -0.2) is 0 Å². The molecule has 1 aliphatic heterocycles. The molecule has 0 spiro atoms. The van der Waals surface area contributed by atoms with E-state index >= 15 is 0 Å². The Morgan fingerprint density at radius 2 is 1.81 bits per heavy atom. The summed E-state index contributed by atoms with van der Waals surface area (Å²) in [7, 11) is 0. The third-order valence-electron chi connectivity index (χ3n) is 3.77. The van der Waals surface area contributed by atoms with Crippen molar-refractivity contribution in [3.8, 4) is 0 Å². The molecule has 1 amide bonds. The molecule has 0 aromatic heterocycles. The lowest BCUT2D eigenvalue weighted by molar-refractivity contribution is -0.144. The maximum absolute atomic E-state index is 12.0. The van der Waals surface area contributed by atoms with E-state index in [0.717, 1.165) is 25.9 Å². The highest BCUT2D eigenvalue weighted by Gasteiger charge is 2.24. The number of rotatable bonds is 6. The molecule has 5 nitrogen and oxygen atoms in total. The quantitative estimate of drug-likeness (QED) is 0.842. The Morgan fingerprint density at radius 3 is 2.43 bits per heavy atom. The molecule has 1 atom stereocenters. The third kappa shape index (κ3) is 5.19. The van der Waals surface area contributed by atoms with E-state index in [0.29, 0.717) is 12.2 Å². The van der Waals surface area contributed by atoms with Gasteiger partial charge in [0.1, 0.15) is 0 Å². The fraction of sp³-hybridized carbons (Fsp3) is 0.500. The SMILES string of the molecule is O=C(C[C@H](CN1CCCCC1)C(=O)O)Nc1ccccc1. The van der Waals surface area contributed by atoms with Gasteiger partial charge in [0.15, 0.2) is 0 Å². The molecule has 21 heavy (non-hydrogen) atoms. The average Bonchev–Trinajstić information content (AvgIpc) is 2.48. The average molecular weight is 290 g/mol. The van der Waals surface area contributed by atoms with Gasteiger partial charge in [-0.3, -0.25) is 9.59 Å². The van der Waals surface area contributed by atoms with E-state index in [2.05, 4.69) is 10.2 Å². The summed E-state index contributed by atoms with van der Waals surface area (Å²) >= 11 is 0. The fourth-order valence-corrected chi connectivity index (χ4v) is 2.64. The Kier molecular flexibility index (Phi) is 5.75. The zero-order valence-electron chi connectivity index (χ0n) is 12.1. The molecule has 2 N–H and O–H groups in total. The Labute approximate surface area is 125 Å². The van der Waals surface area contributed by atoms with E-state index in [1.165, 1.54) is 6.42 Å². The number of para-hydroxylation sites is 1. The number of carbonyl (C=O) groups is 2. The summed E-state index contributed by atoms with van der Waals surface area (Å²) < 4.78 is 0. The number of carboxylic acids is 1. The molecular formula is C16H22N2O3. The highest BCUT2D eigenvalue weighted by atomic mass is 16.4. The minimum atomic E-state index is -0.899. The maximum Gasteiger partial charge on any atom is 0.308 e. The number of aliphatic carboxylic acids is 1. The molecule has 1 heterocycles. The van der Waals surface area contributed by atoms with Gasteiger partial charge in [0.25, 0.3) is 0 Å². The standard InChI is InChI=1S/C16H22N2O3/c19-15(17-14-7-3-1-4-8-14)11-13(16(20)21)12-18-9-5-2-6-10-18/h1,3-4,7-8,13H,2,5-6,9-12H2,(H,17,19)(H,20,21)/t13-/m1/s1. The molecule has 0 bridgehead atoms. The van der Waals surface area contributed by atoms with Gasteiger partial charge in [-0.05, 0) is 38.1 Å². The van der Waals surface area contributed by atoms with Crippen LogP contribution in [0.15, 0.2) is 30.3 Å². The van der Waals surface area contributed by atoms with Crippen LogP contribution in [0, 0.1) is 5.92 Å². The second kappa shape index (κ2) is 7.78. The normalized spacial score (nSPS) is 17.1. The van der Waals surface area contributed by atoms with Gasteiger partial charge in [0.05, 0.1) is 5.92 Å². The monoisotopic (exact) mass is 290 g/mol. The number of carboxylic acid groups (broad SMARTS) is 1. The molecule has 1 saturated heterocycles. The second-order valence-corrected chi connectivity index (χ2v) is 5.51. The third-order valence-corrected chi connectivity index (χ3v) is 3.77. The van der Waals surface area contributed by atoms with E-state index in [1.807, 2.05) is 18.2 Å². The zero-order valence-corrected chi connectivity index (χ0v) is 12.1. The molecule has 0 unspecified atom stereocenters. The van der Waals surface area contributed by atoms with Crippen molar-refractivity contribution >= 4 is 17.6 Å². The van der Waals surface area contributed by atoms with Crippen LogP contribution < -0.4 is 5.32 Å². The largest absolute Gasteiger partial charge is 0.481 e. The molecule has 5 heteroatoms. The number of nitrogens with one attached hydrogen (secondary N) is 1. The Balaban J connectivity index is 1.86. The second-order valence-electron chi connectivity index (χ2n) is 5.51. The van der Waals surface area contributed by atoms with Crippen molar-refractivity contribution in [1.29, 1.82) is 0 Å². The molecular weight excluding hydrogens is 268 g/mol. The Hall–Kier alpha value is -1.88. The Morgan fingerprint density at radius 1 is 1.14 bits per heavy atom. The summed E-state index contributed by atoms with van der Waals surface area (Å²) in [5.41, 5.74) is 0.699. The minimum Gasteiger partial charge on any atom is -0.481 e. The Bertz CT molecular complexity index is 470. The van der Waals surface area contributed by atoms with Gasteiger partial charge in [-0.1, -0.05) is 24.6 Å². The molecule has 1 fully saturated rings. The van der Waals surface area contributed by atoms with Crippen LogP contribution in [0.4, 0.5) is 5.69 Å². The van der Waals surface area contributed by atoms with Crippen molar-refractivity contribution in [1.82, 2.24) is 4.90 Å². The van der Waals surface area contributed by atoms with E-state index in [4.69, 9.17) is 0 Å². The van der Waals surface area contributed by atoms with Crippen LogP contribution in [0.3, 0.4) is 0 Å². The number of benzene rings is 1. The summed E-state index contributed by atoms with van der Waals surface area (Å²) in [5, 5.41) is 12.1. The van der Waals surface area contributed by atoms with Gasteiger partial charge in [0, 0.05) is 18.7 Å². The lowest BCUT2D eigenvalue weighted by Gasteiger charge is -2.28. The number of piperidine rings is 1. The van der Waals surface area contributed by atoms with Crippen molar-refractivity contribution in [2.45, 2.75) is 25.7 Å². The fourth-order valence-electron chi connectivity index (χ4n) is 2.64. The molecule has 2 rings (SSSR count). The number of nitrogens with zero attached hydrogens (tertiary/aromatic N) is 1. The van der Waals surface area contributed by atoms with Gasteiger partial charge in [-0.2, -0.15) is 0 Å². The minimum absolute atomic E-state index is 0.0146. The summed E-state index contributed by atoms with van der Waals surface area (Å²) in [4.78, 5) is 25.5. The van der Waals surface area contributed by atoms with Crippen LogP contribution in [0.1, 0.15) is 25.7 Å². The summed E-state index contributed by atoms with van der Waals surface area (Å²) in [5.74, 6) is -1.79. The predicted octanol–water partition coefficient (Wildman–Crippen LogP) is 2.20. The van der Waals surface area contributed by atoms with Crippen LogP contribution in [0.25, 0.3) is 0 Å². The lowest BCUT2D eigenvalue weighted by atomic mass is 10.0. The molecule has 0 saturated carbocycles. The van der Waals surface area contributed by atoms with E-state index in [1.54, 1.807) is 12.1 Å². The van der Waals surface area contributed by atoms with Crippen molar-refractivity contribution in [3.63, 3.8) is 0 Å². The highest BCUT2D eigenvalue weighted by Crippen LogP contribution is 2.14. The number of likely N-dealkylation sites (tertiary alicyclic amines) is 1. The summed E-state index contributed by atoms with van der Waals surface area (Å²) in [6, 6.07) is 9.11.